The van der Waals surface area contributed by atoms with Crippen LogP contribution in [0.1, 0.15) is 41.6 Å². The van der Waals surface area contributed by atoms with Crippen LogP contribution in [-0.4, -0.2) is 6.54 Å². The van der Waals surface area contributed by atoms with Crippen LogP contribution in [0.5, 0.6) is 0 Å². The van der Waals surface area contributed by atoms with E-state index < -0.39 is 0 Å². The van der Waals surface area contributed by atoms with E-state index in [-0.39, 0.29) is 11.9 Å². The molecular formula is C16H19BrFNO. The minimum absolute atomic E-state index is 0.00340. The lowest BCUT2D eigenvalue weighted by atomic mass is 9.92. The Morgan fingerprint density at radius 3 is 2.45 bits per heavy atom. The number of halogens is 2. The maximum atomic E-state index is 13.5. The molecule has 1 atom stereocenters. The molecule has 0 aliphatic carbocycles. The minimum Gasteiger partial charge on any atom is -0.457 e. The van der Waals surface area contributed by atoms with Gasteiger partial charge in [0.1, 0.15) is 5.82 Å². The van der Waals surface area contributed by atoms with Crippen molar-refractivity contribution < 1.29 is 8.81 Å². The fourth-order valence-electron chi connectivity index (χ4n) is 2.54. The van der Waals surface area contributed by atoms with E-state index in [9.17, 15) is 4.39 Å². The molecule has 1 aromatic carbocycles. The molecule has 0 aliphatic rings. The number of aryl methyl sites for hydroxylation is 2. The van der Waals surface area contributed by atoms with E-state index in [1.807, 2.05) is 19.9 Å². The average molecular weight is 340 g/mol. The third kappa shape index (κ3) is 3.13. The Labute approximate surface area is 127 Å². The third-order valence-corrected chi connectivity index (χ3v) is 4.05. The molecule has 2 aromatic rings. The van der Waals surface area contributed by atoms with E-state index >= 15 is 0 Å². The SMILES string of the molecule is CCCNC(c1ccoc1Br)c1c(C)cc(F)cc1C. The van der Waals surface area contributed by atoms with Gasteiger partial charge < -0.3 is 9.73 Å². The standard InChI is InChI=1S/C16H19BrFNO/c1-4-6-19-15(13-5-7-20-16(13)17)14-10(2)8-12(18)9-11(14)3/h5,7-9,15,19H,4,6H2,1-3H3. The van der Waals surface area contributed by atoms with Crippen LogP contribution in [0.3, 0.4) is 0 Å². The molecule has 1 N–H and O–H groups in total. The molecule has 0 aliphatic heterocycles. The van der Waals surface area contributed by atoms with Crippen LogP contribution in [0.25, 0.3) is 0 Å². The van der Waals surface area contributed by atoms with E-state index in [0.717, 1.165) is 35.2 Å². The highest BCUT2D eigenvalue weighted by atomic mass is 79.9. The minimum atomic E-state index is -0.191. The van der Waals surface area contributed by atoms with Crippen LogP contribution in [0.2, 0.25) is 0 Å². The monoisotopic (exact) mass is 339 g/mol. The summed E-state index contributed by atoms with van der Waals surface area (Å²) in [5.41, 5.74) is 4.05. The Balaban J connectivity index is 2.50. The summed E-state index contributed by atoms with van der Waals surface area (Å²) in [5, 5.41) is 3.52. The Morgan fingerprint density at radius 1 is 1.30 bits per heavy atom. The first kappa shape index (κ1) is 15.3. The number of furan rings is 1. The molecule has 0 amide bonds. The van der Waals surface area contributed by atoms with Gasteiger partial charge >= 0.3 is 0 Å². The van der Waals surface area contributed by atoms with Gasteiger partial charge in [-0.2, -0.15) is 0 Å². The van der Waals surface area contributed by atoms with Crippen LogP contribution >= 0.6 is 15.9 Å². The first-order chi connectivity index (χ1) is 9.54. The highest BCUT2D eigenvalue weighted by Crippen LogP contribution is 2.33. The van der Waals surface area contributed by atoms with Crippen molar-refractivity contribution in [3.8, 4) is 0 Å². The van der Waals surface area contributed by atoms with Crippen molar-refractivity contribution in [3.05, 3.63) is 57.2 Å². The van der Waals surface area contributed by atoms with Crippen molar-refractivity contribution in [1.29, 1.82) is 0 Å². The highest BCUT2D eigenvalue weighted by Gasteiger charge is 2.22. The third-order valence-electron chi connectivity index (χ3n) is 3.40. The summed E-state index contributed by atoms with van der Waals surface area (Å²) >= 11 is 3.44. The fraction of sp³-hybridized carbons (Fsp3) is 0.375. The fourth-order valence-corrected chi connectivity index (χ4v) is 3.01. The van der Waals surface area contributed by atoms with E-state index in [0.29, 0.717) is 4.67 Å². The van der Waals surface area contributed by atoms with Gasteiger partial charge in [0, 0.05) is 5.56 Å². The summed E-state index contributed by atoms with van der Waals surface area (Å²) in [6, 6.07) is 5.11. The summed E-state index contributed by atoms with van der Waals surface area (Å²) in [6.45, 7) is 6.90. The number of rotatable bonds is 5. The van der Waals surface area contributed by atoms with Crippen LogP contribution in [0, 0.1) is 19.7 Å². The first-order valence-corrected chi connectivity index (χ1v) is 7.56. The lowest BCUT2D eigenvalue weighted by Gasteiger charge is -2.22. The van der Waals surface area contributed by atoms with Crippen LogP contribution in [-0.2, 0) is 0 Å². The van der Waals surface area contributed by atoms with Gasteiger partial charge in [-0.05, 0) is 77.6 Å². The van der Waals surface area contributed by atoms with Crippen molar-refractivity contribution in [3.63, 3.8) is 0 Å². The number of hydrogen-bond acceptors (Lipinski definition) is 2. The van der Waals surface area contributed by atoms with Crippen molar-refractivity contribution in [1.82, 2.24) is 5.32 Å². The summed E-state index contributed by atoms with van der Waals surface area (Å²) in [4.78, 5) is 0. The molecule has 0 spiro atoms. The predicted octanol–water partition coefficient (Wildman–Crippen LogP) is 4.89. The molecule has 2 rings (SSSR count). The lowest BCUT2D eigenvalue weighted by Crippen LogP contribution is -2.24. The van der Waals surface area contributed by atoms with Gasteiger partial charge in [0.15, 0.2) is 4.67 Å². The normalized spacial score (nSPS) is 12.7. The quantitative estimate of drug-likeness (QED) is 0.839. The summed E-state index contributed by atoms with van der Waals surface area (Å²) in [7, 11) is 0. The van der Waals surface area contributed by atoms with E-state index in [2.05, 4.69) is 28.2 Å². The topological polar surface area (TPSA) is 25.2 Å². The molecule has 0 fully saturated rings. The van der Waals surface area contributed by atoms with Gasteiger partial charge in [0.05, 0.1) is 12.3 Å². The number of hydrogen-bond donors (Lipinski definition) is 1. The molecule has 108 valence electrons. The molecule has 1 aromatic heterocycles. The molecule has 2 nitrogen and oxygen atoms in total. The highest BCUT2D eigenvalue weighted by molar-refractivity contribution is 9.10. The Bertz CT molecular complexity index is 571. The summed E-state index contributed by atoms with van der Waals surface area (Å²) in [6.07, 6.45) is 2.69. The molecular weight excluding hydrogens is 321 g/mol. The second-order valence-corrected chi connectivity index (χ2v) is 5.71. The van der Waals surface area contributed by atoms with Crippen LogP contribution < -0.4 is 5.32 Å². The maximum Gasteiger partial charge on any atom is 0.174 e. The molecule has 0 radical (unpaired) electrons. The van der Waals surface area contributed by atoms with Crippen molar-refractivity contribution in [2.24, 2.45) is 0 Å². The van der Waals surface area contributed by atoms with Gasteiger partial charge in [-0.3, -0.25) is 0 Å². The summed E-state index contributed by atoms with van der Waals surface area (Å²) < 4.78 is 19.6. The smallest absolute Gasteiger partial charge is 0.174 e. The zero-order valence-corrected chi connectivity index (χ0v) is 13.6. The average Bonchev–Trinajstić information content (AvgIpc) is 2.78. The first-order valence-electron chi connectivity index (χ1n) is 6.77. The van der Waals surface area contributed by atoms with Gasteiger partial charge in [-0.1, -0.05) is 6.92 Å². The largest absolute Gasteiger partial charge is 0.457 e. The molecule has 1 heterocycles. The van der Waals surface area contributed by atoms with E-state index in [1.165, 1.54) is 0 Å². The molecule has 20 heavy (non-hydrogen) atoms. The Kier molecular flexibility index (Phi) is 5.00. The van der Waals surface area contributed by atoms with Crippen molar-refractivity contribution >= 4 is 15.9 Å². The second-order valence-electron chi connectivity index (χ2n) is 4.99. The maximum absolute atomic E-state index is 13.5. The number of benzene rings is 1. The van der Waals surface area contributed by atoms with Gasteiger partial charge in [-0.25, -0.2) is 4.39 Å². The van der Waals surface area contributed by atoms with Crippen molar-refractivity contribution in [2.75, 3.05) is 6.54 Å². The van der Waals surface area contributed by atoms with Gasteiger partial charge in [0.2, 0.25) is 0 Å². The zero-order valence-electron chi connectivity index (χ0n) is 12.0. The van der Waals surface area contributed by atoms with Gasteiger partial charge in [-0.15, -0.1) is 0 Å². The molecule has 0 bridgehead atoms. The molecule has 4 heteroatoms. The number of nitrogens with one attached hydrogen (secondary N) is 1. The zero-order chi connectivity index (χ0) is 14.7. The van der Waals surface area contributed by atoms with Crippen LogP contribution in [0.4, 0.5) is 4.39 Å². The Hall–Kier alpha value is -1.13. The molecule has 0 saturated heterocycles. The predicted molar refractivity (Wildman–Crippen MR) is 82.4 cm³/mol. The van der Waals surface area contributed by atoms with Crippen LogP contribution in [0.15, 0.2) is 33.5 Å². The van der Waals surface area contributed by atoms with E-state index in [4.69, 9.17) is 4.42 Å². The molecule has 1 unspecified atom stereocenters. The van der Waals surface area contributed by atoms with Gasteiger partial charge in [0.25, 0.3) is 0 Å². The lowest BCUT2D eigenvalue weighted by molar-refractivity contribution is 0.522. The molecule has 0 saturated carbocycles. The Morgan fingerprint density at radius 2 is 1.95 bits per heavy atom. The van der Waals surface area contributed by atoms with Crippen molar-refractivity contribution in [2.45, 2.75) is 33.2 Å². The van der Waals surface area contributed by atoms with E-state index in [1.54, 1.807) is 18.4 Å². The second kappa shape index (κ2) is 6.55. The summed E-state index contributed by atoms with van der Waals surface area (Å²) in [5.74, 6) is -0.191.